The van der Waals surface area contributed by atoms with E-state index in [0.29, 0.717) is 28.6 Å². The van der Waals surface area contributed by atoms with Crippen molar-refractivity contribution in [3.63, 3.8) is 0 Å². The maximum Gasteiger partial charge on any atom is 0.341 e. The molecule has 0 bridgehead atoms. The molecule has 0 aliphatic carbocycles. The second kappa shape index (κ2) is 12.8. The van der Waals surface area contributed by atoms with Gasteiger partial charge in [-0.05, 0) is 38.1 Å². The fourth-order valence-corrected chi connectivity index (χ4v) is 4.08. The van der Waals surface area contributed by atoms with Crippen LogP contribution in [0.5, 0.6) is 11.5 Å². The van der Waals surface area contributed by atoms with Gasteiger partial charge in [0.05, 0.1) is 33.9 Å². The third-order valence-corrected chi connectivity index (χ3v) is 5.51. The van der Waals surface area contributed by atoms with Crippen molar-refractivity contribution in [2.75, 3.05) is 52.8 Å². The van der Waals surface area contributed by atoms with Crippen LogP contribution in [0.3, 0.4) is 0 Å². The van der Waals surface area contributed by atoms with Gasteiger partial charge in [-0.1, -0.05) is 13.0 Å². The number of carbonyl (C=O) groups is 3. The molecule has 1 heterocycles. The molecule has 0 aliphatic heterocycles. The maximum absolute atomic E-state index is 12.8. The normalized spacial score (nSPS) is 10.6. The van der Waals surface area contributed by atoms with Crippen LogP contribution in [0, 0.1) is 0 Å². The van der Waals surface area contributed by atoms with Crippen LogP contribution >= 0.6 is 11.3 Å². The first-order valence-electron chi connectivity index (χ1n) is 10.6. The van der Waals surface area contributed by atoms with Crippen molar-refractivity contribution in [2.24, 2.45) is 0 Å². The van der Waals surface area contributed by atoms with E-state index >= 15 is 0 Å². The molecule has 0 saturated heterocycles. The average molecular weight is 478 g/mol. The summed E-state index contributed by atoms with van der Waals surface area (Å²) in [5.41, 5.74) is 1.60. The summed E-state index contributed by atoms with van der Waals surface area (Å²) in [4.78, 5) is 38.8. The zero-order valence-electron chi connectivity index (χ0n) is 19.6. The lowest BCUT2D eigenvalue weighted by atomic mass is 10.0. The molecule has 1 aromatic heterocycles. The minimum Gasteiger partial charge on any atom is -0.493 e. The van der Waals surface area contributed by atoms with Gasteiger partial charge in [-0.2, -0.15) is 0 Å². The zero-order valence-corrected chi connectivity index (χ0v) is 20.5. The molecular weight excluding hydrogens is 446 g/mol. The van der Waals surface area contributed by atoms with Crippen molar-refractivity contribution < 1.29 is 28.6 Å². The molecule has 180 valence electrons. The molecule has 0 saturated carbocycles. The second-order valence-electron chi connectivity index (χ2n) is 7.21. The van der Waals surface area contributed by atoms with E-state index in [1.165, 1.54) is 18.4 Å². The number of rotatable bonds is 12. The Labute approximate surface area is 198 Å². The fraction of sp³-hybridized carbons (Fsp3) is 0.435. The number of esters is 1. The molecule has 0 radical (unpaired) electrons. The van der Waals surface area contributed by atoms with Crippen molar-refractivity contribution in [2.45, 2.75) is 20.3 Å². The highest BCUT2D eigenvalue weighted by atomic mass is 32.1. The summed E-state index contributed by atoms with van der Waals surface area (Å²) in [6.45, 7) is 4.57. The Balaban J connectivity index is 2.24. The minimum absolute atomic E-state index is 0.00853. The van der Waals surface area contributed by atoms with Crippen LogP contribution in [0.4, 0.5) is 5.00 Å². The second-order valence-corrected chi connectivity index (χ2v) is 8.09. The van der Waals surface area contributed by atoms with E-state index < -0.39 is 5.97 Å². The molecular formula is C23H31N3O6S. The van der Waals surface area contributed by atoms with Gasteiger partial charge < -0.3 is 24.8 Å². The van der Waals surface area contributed by atoms with Crippen molar-refractivity contribution in [1.82, 2.24) is 10.2 Å². The highest BCUT2D eigenvalue weighted by Gasteiger charge is 2.24. The molecule has 2 amide bonds. The van der Waals surface area contributed by atoms with E-state index in [4.69, 9.17) is 14.2 Å². The van der Waals surface area contributed by atoms with Gasteiger partial charge in [0, 0.05) is 17.5 Å². The van der Waals surface area contributed by atoms with E-state index in [1.807, 2.05) is 6.92 Å². The summed E-state index contributed by atoms with van der Waals surface area (Å²) in [5.74, 6) is 0.0580. The number of ether oxygens (including phenoxy) is 3. The Hall–Kier alpha value is -3.11. The summed E-state index contributed by atoms with van der Waals surface area (Å²) in [6, 6.07) is 5.32. The summed E-state index contributed by atoms with van der Waals surface area (Å²) in [6.07, 6.45) is 0.841. The van der Waals surface area contributed by atoms with Gasteiger partial charge in [-0.15, -0.1) is 11.3 Å². The zero-order chi connectivity index (χ0) is 24.4. The highest BCUT2D eigenvalue weighted by molar-refractivity contribution is 7.15. The van der Waals surface area contributed by atoms with Crippen molar-refractivity contribution in [1.29, 1.82) is 0 Å². The predicted molar refractivity (Wildman–Crippen MR) is 128 cm³/mol. The molecule has 0 spiro atoms. The molecule has 9 nitrogen and oxygen atoms in total. The van der Waals surface area contributed by atoms with Gasteiger partial charge in [0.25, 0.3) is 0 Å². The molecule has 1 aromatic carbocycles. The fourth-order valence-electron chi connectivity index (χ4n) is 3.10. The number of thiophene rings is 1. The topological polar surface area (TPSA) is 106 Å². The van der Waals surface area contributed by atoms with E-state index in [9.17, 15) is 14.4 Å². The van der Waals surface area contributed by atoms with Crippen LogP contribution in [-0.4, -0.2) is 70.2 Å². The number of nitrogens with zero attached hydrogens (tertiary/aromatic N) is 1. The summed E-state index contributed by atoms with van der Waals surface area (Å²) in [7, 11) is 4.76. The van der Waals surface area contributed by atoms with E-state index in [0.717, 1.165) is 12.0 Å². The molecule has 2 N–H and O–H groups in total. The van der Waals surface area contributed by atoms with Gasteiger partial charge in [-0.25, -0.2) is 4.79 Å². The van der Waals surface area contributed by atoms with Crippen LogP contribution in [0.1, 0.15) is 30.6 Å². The first-order valence-corrected chi connectivity index (χ1v) is 11.5. The summed E-state index contributed by atoms with van der Waals surface area (Å²) >= 11 is 1.23. The third-order valence-electron chi connectivity index (χ3n) is 4.62. The standard InChI is InChI=1S/C23H31N3O6S/c1-6-10-24-19(27)12-26(3)13-20(28)25-22-21(23(29)32-7-2)16(14-33-22)15-8-9-17(30-4)18(11-15)31-5/h8-9,11,14H,6-7,10,12-13H2,1-5H3,(H,24,27)(H,25,28). The lowest BCUT2D eigenvalue weighted by Crippen LogP contribution is -2.39. The number of anilines is 1. The molecule has 0 unspecified atom stereocenters. The number of methoxy groups -OCH3 is 2. The van der Waals surface area contributed by atoms with Crippen molar-refractivity contribution >= 4 is 34.1 Å². The van der Waals surface area contributed by atoms with Crippen LogP contribution in [0.25, 0.3) is 11.1 Å². The molecule has 33 heavy (non-hydrogen) atoms. The predicted octanol–water partition coefficient (Wildman–Crippen LogP) is 3.01. The molecule has 2 rings (SSSR count). The maximum atomic E-state index is 12.8. The number of nitrogens with one attached hydrogen (secondary N) is 2. The van der Waals surface area contributed by atoms with Gasteiger partial charge >= 0.3 is 5.97 Å². The van der Waals surface area contributed by atoms with Gasteiger partial charge in [0.2, 0.25) is 11.8 Å². The third kappa shape index (κ3) is 7.19. The SMILES string of the molecule is CCCNC(=O)CN(C)CC(=O)Nc1scc(-c2ccc(OC)c(OC)c2)c1C(=O)OCC. The number of carbonyl (C=O) groups excluding carboxylic acids is 3. The molecule has 0 atom stereocenters. The molecule has 0 fully saturated rings. The largest absolute Gasteiger partial charge is 0.493 e. The monoisotopic (exact) mass is 477 g/mol. The minimum atomic E-state index is -0.536. The van der Waals surface area contributed by atoms with Crippen LogP contribution in [-0.2, 0) is 14.3 Å². The number of amides is 2. The van der Waals surface area contributed by atoms with E-state index in [2.05, 4.69) is 10.6 Å². The first-order chi connectivity index (χ1) is 15.8. The van der Waals surface area contributed by atoms with Gasteiger partial charge in [0.15, 0.2) is 11.5 Å². The summed E-state index contributed by atoms with van der Waals surface area (Å²) in [5, 5.41) is 7.72. The Morgan fingerprint density at radius 1 is 1.03 bits per heavy atom. The Morgan fingerprint density at radius 2 is 1.73 bits per heavy atom. The highest BCUT2D eigenvalue weighted by Crippen LogP contribution is 2.39. The van der Waals surface area contributed by atoms with Gasteiger partial charge in [0.1, 0.15) is 10.6 Å². The number of likely N-dealkylation sites (N-methyl/N-ethyl adjacent to an activating group) is 1. The number of benzene rings is 1. The molecule has 0 aliphatic rings. The van der Waals surface area contributed by atoms with E-state index in [1.54, 1.807) is 49.6 Å². The molecule has 10 heteroatoms. The summed E-state index contributed by atoms with van der Waals surface area (Å²) < 4.78 is 15.9. The lowest BCUT2D eigenvalue weighted by Gasteiger charge is -2.16. The smallest absolute Gasteiger partial charge is 0.341 e. The Kier molecular flexibility index (Phi) is 10.1. The van der Waals surface area contributed by atoms with Crippen LogP contribution < -0.4 is 20.1 Å². The Morgan fingerprint density at radius 3 is 2.36 bits per heavy atom. The Bertz CT molecular complexity index is 975. The van der Waals surface area contributed by atoms with Crippen LogP contribution in [0.15, 0.2) is 23.6 Å². The van der Waals surface area contributed by atoms with Gasteiger partial charge in [-0.3, -0.25) is 14.5 Å². The molecule has 2 aromatic rings. The van der Waals surface area contributed by atoms with E-state index in [-0.39, 0.29) is 37.1 Å². The van der Waals surface area contributed by atoms with Crippen LogP contribution in [0.2, 0.25) is 0 Å². The average Bonchev–Trinajstić information content (AvgIpc) is 3.20. The number of hydrogen-bond acceptors (Lipinski definition) is 8. The number of hydrogen-bond donors (Lipinski definition) is 2. The quantitative estimate of drug-likeness (QED) is 0.453. The lowest BCUT2D eigenvalue weighted by molar-refractivity contribution is -0.122. The van der Waals surface area contributed by atoms with Crippen molar-refractivity contribution in [3.05, 3.63) is 29.1 Å². The van der Waals surface area contributed by atoms with Crippen molar-refractivity contribution in [3.8, 4) is 22.6 Å². The first kappa shape index (κ1) is 26.1.